The fraction of sp³-hybridized carbons (Fsp3) is 0.214. The standard InChI is InChI=1S/C14H15N3O4/c1-2-7-20-11-5-3-4-6-12(11)21-14-9-10(17(18)19)8-13(15)16-14/h3-6,8-9H,2,7H2,1H3,(H2,15,16). The molecule has 2 rings (SSSR count). The summed E-state index contributed by atoms with van der Waals surface area (Å²) in [4.78, 5) is 14.2. The Bertz CT molecular complexity index is 646. The number of nitrogens with two attached hydrogens (primary N) is 1. The summed E-state index contributed by atoms with van der Waals surface area (Å²) < 4.78 is 11.1. The van der Waals surface area contributed by atoms with Crippen molar-refractivity contribution < 1.29 is 14.4 Å². The summed E-state index contributed by atoms with van der Waals surface area (Å²) in [5, 5.41) is 10.8. The fourth-order valence-corrected chi connectivity index (χ4v) is 1.65. The van der Waals surface area contributed by atoms with Crippen molar-refractivity contribution in [3.8, 4) is 17.4 Å². The lowest BCUT2D eigenvalue weighted by atomic mass is 10.3. The number of pyridine rings is 1. The molecule has 0 spiro atoms. The highest BCUT2D eigenvalue weighted by atomic mass is 16.6. The number of aromatic nitrogens is 1. The quantitative estimate of drug-likeness (QED) is 0.647. The maximum atomic E-state index is 10.8. The van der Waals surface area contributed by atoms with Crippen molar-refractivity contribution in [1.82, 2.24) is 4.98 Å². The second-order valence-electron chi connectivity index (χ2n) is 4.24. The van der Waals surface area contributed by atoms with Gasteiger partial charge in [0, 0.05) is 0 Å². The first-order valence-corrected chi connectivity index (χ1v) is 6.41. The molecule has 110 valence electrons. The van der Waals surface area contributed by atoms with Gasteiger partial charge in [-0.15, -0.1) is 0 Å². The van der Waals surface area contributed by atoms with E-state index in [1.54, 1.807) is 18.2 Å². The predicted molar refractivity (Wildman–Crippen MR) is 77.6 cm³/mol. The topological polar surface area (TPSA) is 101 Å². The van der Waals surface area contributed by atoms with E-state index in [1.165, 1.54) is 12.1 Å². The summed E-state index contributed by atoms with van der Waals surface area (Å²) in [5.74, 6) is 1.05. The van der Waals surface area contributed by atoms with Crippen LogP contribution >= 0.6 is 0 Å². The van der Waals surface area contributed by atoms with Crippen LogP contribution in [-0.2, 0) is 0 Å². The van der Waals surface area contributed by atoms with E-state index in [0.717, 1.165) is 6.42 Å². The molecule has 0 amide bonds. The molecule has 7 nitrogen and oxygen atoms in total. The van der Waals surface area contributed by atoms with Crippen LogP contribution in [0.4, 0.5) is 11.5 Å². The van der Waals surface area contributed by atoms with E-state index < -0.39 is 4.92 Å². The van der Waals surface area contributed by atoms with Crippen LogP contribution < -0.4 is 15.2 Å². The van der Waals surface area contributed by atoms with Crippen molar-refractivity contribution >= 4 is 11.5 Å². The van der Waals surface area contributed by atoms with Crippen LogP contribution in [-0.4, -0.2) is 16.5 Å². The molecule has 1 aromatic heterocycles. The molecule has 2 N–H and O–H groups in total. The number of ether oxygens (including phenoxy) is 2. The third kappa shape index (κ3) is 3.82. The smallest absolute Gasteiger partial charge is 0.278 e. The van der Waals surface area contributed by atoms with Crippen molar-refractivity contribution in [3.63, 3.8) is 0 Å². The molecule has 0 aliphatic heterocycles. The largest absolute Gasteiger partial charge is 0.490 e. The highest BCUT2D eigenvalue weighted by Gasteiger charge is 2.13. The average Bonchev–Trinajstić information content (AvgIpc) is 2.45. The lowest BCUT2D eigenvalue weighted by molar-refractivity contribution is -0.384. The van der Waals surface area contributed by atoms with Crippen LogP contribution in [0.25, 0.3) is 0 Å². The van der Waals surface area contributed by atoms with E-state index in [1.807, 2.05) is 13.0 Å². The number of para-hydroxylation sites is 2. The summed E-state index contributed by atoms with van der Waals surface area (Å²) in [6.07, 6.45) is 0.857. The minimum absolute atomic E-state index is 0.0196. The van der Waals surface area contributed by atoms with Gasteiger partial charge in [-0.25, -0.2) is 0 Å². The molecule has 0 bridgehead atoms. The van der Waals surface area contributed by atoms with E-state index in [2.05, 4.69) is 4.98 Å². The summed E-state index contributed by atoms with van der Waals surface area (Å²) >= 11 is 0. The predicted octanol–water partition coefficient (Wildman–Crippen LogP) is 3.15. The van der Waals surface area contributed by atoms with Crippen LogP contribution in [0.15, 0.2) is 36.4 Å². The Hall–Kier alpha value is -2.83. The number of anilines is 1. The Morgan fingerprint density at radius 2 is 2.00 bits per heavy atom. The Kier molecular flexibility index (Phi) is 4.55. The number of nitrogens with zero attached hydrogens (tertiary/aromatic N) is 2. The van der Waals surface area contributed by atoms with Gasteiger partial charge < -0.3 is 15.2 Å². The Morgan fingerprint density at radius 1 is 1.29 bits per heavy atom. The number of hydrogen-bond donors (Lipinski definition) is 1. The summed E-state index contributed by atoms with van der Waals surface area (Å²) in [6, 6.07) is 9.43. The van der Waals surface area contributed by atoms with Gasteiger partial charge in [-0.1, -0.05) is 19.1 Å². The van der Waals surface area contributed by atoms with Crippen molar-refractivity contribution in [1.29, 1.82) is 0 Å². The number of nitro groups is 1. The molecule has 2 aromatic rings. The first-order valence-electron chi connectivity index (χ1n) is 6.41. The minimum Gasteiger partial charge on any atom is -0.490 e. The summed E-state index contributed by atoms with van der Waals surface area (Å²) in [6.45, 7) is 2.54. The van der Waals surface area contributed by atoms with E-state index in [4.69, 9.17) is 15.2 Å². The monoisotopic (exact) mass is 289 g/mol. The van der Waals surface area contributed by atoms with Crippen molar-refractivity contribution in [2.45, 2.75) is 13.3 Å². The first-order chi connectivity index (χ1) is 10.1. The molecule has 1 aromatic carbocycles. The average molecular weight is 289 g/mol. The van der Waals surface area contributed by atoms with Gasteiger partial charge in [0.05, 0.1) is 23.7 Å². The van der Waals surface area contributed by atoms with Crippen LogP contribution in [0.1, 0.15) is 13.3 Å². The van der Waals surface area contributed by atoms with Crippen molar-refractivity contribution in [2.75, 3.05) is 12.3 Å². The molecular formula is C14H15N3O4. The molecule has 7 heteroatoms. The van der Waals surface area contributed by atoms with Gasteiger partial charge in [-0.2, -0.15) is 4.98 Å². The van der Waals surface area contributed by atoms with Gasteiger partial charge >= 0.3 is 0 Å². The minimum atomic E-state index is -0.551. The lowest BCUT2D eigenvalue weighted by Crippen LogP contribution is -2.00. The second kappa shape index (κ2) is 6.56. The zero-order valence-electron chi connectivity index (χ0n) is 11.5. The number of hydrogen-bond acceptors (Lipinski definition) is 6. The molecule has 0 saturated heterocycles. The van der Waals surface area contributed by atoms with Crippen molar-refractivity contribution in [3.05, 3.63) is 46.5 Å². The van der Waals surface area contributed by atoms with Crippen LogP contribution in [0, 0.1) is 10.1 Å². The Balaban J connectivity index is 2.27. The van der Waals surface area contributed by atoms with Gasteiger partial charge in [0.15, 0.2) is 11.5 Å². The molecule has 0 unspecified atom stereocenters. The van der Waals surface area contributed by atoms with Crippen LogP contribution in [0.2, 0.25) is 0 Å². The zero-order chi connectivity index (χ0) is 15.2. The van der Waals surface area contributed by atoms with Gasteiger partial charge in [-0.05, 0) is 18.6 Å². The number of nitrogen functional groups attached to an aromatic ring is 1. The molecule has 0 aliphatic rings. The zero-order valence-corrected chi connectivity index (χ0v) is 11.5. The molecule has 1 heterocycles. The maximum Gasteiger partial charge on any atom is 0.278 e. The third-order valence-corrected chi connectivity index (χ3v) is 2.54. The van der Waals surface area contributed by atoms with Crippen LogP contribution in [0.5, 0.6) is 17.4 Å². The molecule has 0 fully saturated rings. The molecule has 0 aliphatic carbocycles. The van der Waals surface area contributed by atoms with Crippen LogP contribution in [0.3, 0.4) is 0 Å². The first kappa shape index (κ1) is 14.6. The lowest BCUT2D eigenvalue weighted by Gasteiger charge is -2.11. The van der Waals surface area contributed by atoms with E-state index in [0.29, 0.717) is 18.1 Å². The maximum absolute atomic E-state index is 10.8. The number of rotatable bonds is 6. The normalized spacial score (nSPS) is 10.1. The van der Waals surface area contributed by atoms with Gasteiger partial charge in [-0.3, -0.25) is 10.1 Å². The van der Waals surface area contributed by atoms with E-state index >= 15 is 0 Å². The molecule has 0 atom stereocenters. The number of benzene rings is 1. The Labute approximate surface area is 121 Å². The molecule has 0 saturated carbocycles. The highest BCUT2D eigenvalue weighted by molar-refractivity contribution is 5.48. The molecule has 0 radical (unpaired) electrons. The second-order valence-corrected chi connectivity index (χ2v) is 4.24. The summed E-state index contributed by atoms with van der Waals surface area (Å²) in [7, 11) is 0. The SMILES string of the molecule is CCCOc1ccccc1Oc1cc([N+](=O)[O-])cc(N)n1. The molecular weight excluding hydrogens is 274 g/mol. The summed E-state index contributed by atoms with van der Waals surface area (Å²) in [5.41, 5.74) is 5.37. The third-order valence-electron chi connectivity index (χ3n) is 2.54. The molecule has 21 heavy (non-hydrogen) atoms. The van der Waals surface area contributed by atoms with E-state index in [9.17, 15) is 10.1 Å². The van der Waals surface area contributed by atoms with Gasteiger partial charge in [0.1, 0.15) is 5.82 Å². The highest BCUT2D eigenvalue weighted by Crippen LogP contribution is 2.32. The van der Waals surface area contributed by atoms with E-state index in [-0.39, 0.29) is 17.4 Å². The Morgan fingerprint density at radius 3 is 2.67 bits per heavy atom. The van der Waals surface area contributed by atoms with Gasteiger partial charge in [0.2, 0.25) is 5.88 Å². The fourth-order valence-electron chi connectivity index (χ4n) is 1.65. The van der Waals surface area contributed by atoms with Crippen molar-refractivity contribution in [2.24, 2.45) is 0 Å². The van der Waals surface area contributed by atoms with Gasteiger partial charge in [0.25, 0.3) is 5.69 Å².